The van der Waals surface area contributed by atoms with E-state index in [4.69, 9.17) is 0 Å². The molecule has 4 nitrogen and oxygen atoms in total. The van der Waals surface area contributed by atoms with Gasteiger partial charge in [-0.1, -0.05) is 28.1 Å². The molecular weight excluding hydrogens is 352 g/mol. The number of aromatic amines is 1. The fourth-order valence-corrected chi connectivity index (χ4v) is 3.20. The van der Waals surface area contributed by atoms with Crippen molar-refractivity contribution in [3.8, 4) is 27.7 Å². The maximum absolute atomic E-state index is 12.3. The number of hydrogen-bond acceptors (Lipinski definition) is 4. The van der Waals surface area contributed by atoms with E-state index in [2.05, 4.69) is 25.9 Å². The van der Waals surface area contributed by atoms with Crippen molar-refractivity contribution >= 4 is 27.3 Å². The van der Waals surface area contributed by atoms with E-state index in [0.717, 1.165) is 14.9 Å². The molecule has 3 rings (SSSR count). The zero-order valence-electron chi connectivity index (χ0n) is 11.1. The van der Waals surface area contributed by atoms with Crippen molar-refractivity contribution < 1.29 is 5.11 Å². The molecule has 0 atom stereocenters. The Morgan fingerprint density at radius 2 is 1.95 bits per heavy atom. The number of nitrogens with zero attached hydrogens (tertiary/aromatic N) is 1. The van der Waals surface area contributed by atoms with Gasteiger partial charge in [-0.15, -0.1) is 11.3 Å². The first-order valence-electron chi connectivity index (χ1n) is 6.20. The van der Waals surface area contributed by atoms with Crippen LogP contribution < -0.4 is 5.56 Å². The Bertz CT molecular complexity index is 853. The van der Waals surface area contributed by atoms with Crippen molar-refractivity contribution in [1.82, 2.24) is 9.97 Å². The standard InChI is InChI=1S/C15H11BrN2O2S/c1-8-6-7-21-12(8)13-17-14(19)11(15(20)18-13)9-2-4-10(16)5-3-9/h2-7H,1H3,(H2,17,18,19,20). The van der Waals surface area contributed by atoms with Gasteiger partial charge in [0.2, 0.25) is 5.88 Å². The van der Waals surface area contributed by atoms with Crippen LogP contribution >= 0.6 is 27.3 Å². The number of H-pyrrole nitrogens is 1. The molecule has 2 N–H and O–H groups in total. The van der Waals surface area contributed by atoms with E-state index in [9.17, 15) is 9.90 Å². The molecule has 0 amide bonds. The smallest absolute Gasteiger partial charge is 0.262 e. The summed E-state index contributed by atoms with van der Waals surface area (Å²) >= 11 is 4.81. The fraction of sp³-hybridized carbons (Fsp3) is 0.0667. The first-order chi connectivity index (χ1) is 10.1. The lowest BCUT2D eigenvalue weighted by molar-refractivity contribution is 0.454. The number of aromatic nitrogens is 2. The van der Waals surface area contributed by atoms with Crippen LogP contribution in [0.2, 0.25) is 0 Å². The summed E-state index contributed by atoms with van der Waals surface area (Å²) in [6.07, 6.45) is 0. The zero-order chi connectivity index (χ0) is 15.0. The van der Waals surface area contributed by atoms with Gasteiger partial charge < -0.3 is 10.1 Å². The van der Waals surface area contributed by atoms with Gasteiger partial charge in [0.05, 0.1) is 4.88 Å². The summed E-state index contributed by atoms with van der Waals surface area (Å²) in [4.78, 5) is 20.0. The number of rotatable bonds is 2. The maximum atomic E-state index is 12.3. The summed E-state index contributed by atoms with van der Waals surface area (Å²) in [5.41, 5.74) is 1.46. The molecule has 0 aliphatic rings. The summed E-state index contributed by atoms with van der Waals surface area (Å²) in [5.74, 6) is 0.134. The van der Waals surface area contributed by atoms with Gasteiger partial charge in [0.25, 0.3) is 5.56 Å². The number of benzene rings is 1. The van der Waals surface area contributed by atoms with Crippen LogP contribution in [0, 0.1) is 6.92 Å². The number of aromatic hydroxyl groups is 1. The average Bonchev–Trinajstić information content (AvgIpc) is 2.86. The predicted octanol–water partition coefficient (Wildman–Crippen LogP) is 3.94. The molecule has 21 heavy (non-hydrogen) atoms. The number of hydrogen-bond donors (Lipinski definition) is 2. The van der Waals surface area contributed by atoms with Crippen molar-refractivity contribution in [3.05, 3.63) is 56.1 Å². The van der Waals surface area contributed by atoms with Crippen LogP contribution in [0.1, 0.15) is 5.56 Å². The monoisotopic (exact) mass is 362 g/mol. The molecule has 2 aromatic heterocycles. The Labute approximate surface area is 133 Å². The molecule has 1 aromatic carbocycles. The Morgan fingerprint density at radius 1 is 1.24 bits per heavy atom. The molecule has 0 spiro atoms. The van der Waals surface area contributed by atoms with E-state index in [0.29, 0.717) is 11.4 Å². The van der Waals surface area contributed by atoms with E-state index in [-0.39, 0.29) is 17.0 Å². The maximum Gasteiger partial charge on any atom is 0.262 e. The van der Waals surface area contributed by atoms with Crippen molar-refractivity contribution in [1.29, 1.82) is 0 Å². The summed E-state index contributed by atoms with van der Waals surface area (Å²) in [7, 11) is 0. The minimum absolute atomic E-state index is 0.181. The third-order valence-corrected chi connectivity index (χ3v) is 4.66. The van der Waals surface area contributed by atoms with Crippen molar-refractivity contribution in [2.45, 2.75) is 6.92 Å². The highest BCUT2D eigenvalue weighted by Crippen LogP contribution is 2.30. The Morgan fingerprint density at radius 3 is 2.52 bits per heavy atom. The van der Waals surface area contributed by atoms with E-state index in [1.807, 2.05) is 30.5 Å². The lowest BCUT2D eigenvalue weighted by Gasteiger charge is -2.06. The molecule has 0 aliphatic heterocycles. The molecule has 0 aliphatic carbocycles. The highest BCUT2D eigenvalue weighted by molar-refractivity contribution is 9.10. The third-order valence-electron chi connectivity index (χ3n) is 3.11. The van der Waals surface area contributed by atoms with Crippen molar-refractivity contribution in [2.75, 3.05) is 0 Å². The van der Waals surface area contributed by atoms with Crippen LogP contribution in [0.25, 0.3) is 21.8 Å². The molecular formula is C15H11BrN2O2S. The molecule has 0 fully saturated rings. The van der Waals surface area contributed by atoms with Crippen LogP contribution in [0.15, 0.2) is 45.0 Å². The normalized spacial score (nSPS) is 10.8. The summed E-state index contributed by atoms with van der Waals surface area (Å²) in [5, 5.41) is 12.1. The first-order valence-corrected chi connectivity index (χ1v) is 7.87. The number of nitrogens with one attached hydrogen (secondary N) is 1. The van der Waals surface area contributed by atoms with Gasteiger partial charge in [0.1, 0.15) is 5.56 Å². The fourth-order valence-electron chi connectivity index (χ4n) is 2.06. The van der Waals surface area contributed by atoms with Crippen LogP contribution in [0.3, 0.4) is 0 Å². The van der Waals surface area contributed by atoms with E-state index in [1.54, 1.807) is 12.1 Å². The summed E-state index contributed by atoms with van der Waals surface area (Å²) in [6.45, 7) is 1.94. The van der Waals surface area contributed by atoms with Gasteiger partial charge in [-0.3, -0.25) is 4.79 Å². The van der Waals surface area contributed by atoms with E-state index in [1.165, 1.54) is 11.3 Å². The molecule has 0 unspecified atom stereocenters. The van der Waals surface area contributed by atoms with Crippen LogP contribution in [-0.2, 0) is 0 Å². The minimum Gasteiger partial charge on any atom is -0.493 e. The number of thiophene rings is 1. The Hall–Kier alpha value is -1.92. The second kappa shape index (κ2) is 5.46. The zero-order valence-corrected chi connectivity index (χ0v) is 13.5. The lowest BCUT2D eigenvalue weighted by atomic mass is 10.1. The molecule has 3 aromatic rings. The molecule has 6 heteroatoms. The first kappa shape index (κ1) is 14.0. The number of halogens is 1. The van der Waals surface area contributed by atoms with Gasteiger partial charge in [-0.2, -0.15) is 4.98 Å². The van der Waals surface area contributed by atoms with Crippen LogP contribution in [0.5, 0.6) is 5.88 Å². The molecule has 0 bridgehead atoms. The highest BCUT2D eigenvalue weighted by Gasteiger charge is 2.15. The SMILES string of the molecule is Cc1ccsc1-c1nc(O)c(-c2ccc(Br)cc2)c(=O)[nH]1. The Balaban J connectivity index is 2.15. The van der Waals surface area contributed by atoms with Crippen molar-refractivity contribution in [3.63, 3.8) is 0 Å². The van der Waals surface area contributed by atoms with Crippen molar-refractivity contribution in [2.24, 2.45) is 0 Å². The van der Waals surface area contributed by atoms with Crippen LogP contribution in [-0.4, -0.2) is 15.1 Å². The summed E-state index contributed by atoms with van der Waals surface area (Å²) < 4.78 is 0.904. The lowest BCUT2D eigenvalue weighted by Crippen LogP contribution is -2.12. The topological polar surface area (TPSA) is 66.0 Å². The predicted molar refractivity (Wildman–Crippen MR) is 87.7 cm³/mol. The second-order valence-electron chi connectivity index (χ2n) is 4.55. The van der Waals surface area contributed by atoms with Crippen LogP contribution in [0.4, 0.5) is 0 Å². The van der Waals surface area contributed by atoms with Gasteiger partial charge in [0, 0.05) is 4.47 Å². The van der Waals surface area contributed by atoms with Gasteiger partial charge >= 0.3 is 0 Å². The molecule has 106 valence electrons. The highest BCUT2D eigenvalue weighted by atomic mass is 79.9. The summed E-state index contributed by atoms with van der Waals surface area (Å²) in [6, 6.07) is 9.08. The van der Waals surface area contributed by atoms with Gasteiger partial charge in [0.15, 0.2) is 5.82 Å². The number of aryl methyl sites for hydroxylation is 1. The van der Waals surface area contributed by atoms with E-state index < -0.39 is 0 Å². The average molecular weight is 363 g/mol. The van der Waals surface area contributed by atoms with E-state index >= 15 is 0 Å². The molecule has 2 heterocycles. The third kappa shape index (κ3) is 2.64. The minimum atomic E-state index is -0.354. The second-order valence-corrected chi connectivity index (χ2v) is 6.38. The Kier molecular flexibility index (Phi) is 3.65. The van der Waals surface area contributed by atoms with Gasteiger partial charge in [-0.25, -0.2) is 0 Å². The molecule has 0 saturated heterocycles. The molecule has 0 radical (unpaired) electrons. The quantitative estimate of drug-likeness (QED) is 0.725. The molecule has 0 saturated carbocycles. The largest absolute Gasteiger partial charge is 0.493 e. The van der Waals surface area contributed by atoms with Gasteiger partial charge in [-0.05, 0) is 41.6 Å².